The van der Waals surface area contributed by atoms with Crippen molar-refractivity contribution in [2.45, 2.75) is 37.4 Å². The van der Waals surface area contributed by atoms with Gasteiger partial charge in [-0.3, -0.25) is 15.0 Å². The molecule has 0 amide bonds. The average Bonchev–Trinajstić information content (AvgIpc) is 2.93. The minimum atomic E-state index is 0.208. The van der Waals surface area contributed by atoms with Gasteiger partial charge in [-0.15, -0.1) is 0 Å². The van der Waals surface area contributed by atoms with Crippen LogP contribution in [0.3, 0.4) is 0 Å². The second-order valence-corrected chi connectivity index (χ2v) is 8.87. The fourth-order valence-corrected chi connectivity index (χ4v) is 4.27. The lowest BCUT2D eigenvalue weighted by Gasteiger charge is -2.28. The highest BCUT2D eigenvalue weighted by Gasteiger charge is 2.27. The number of hydrogen-bond donors (Lipinski definition) is 0. The van der Waals surface area contributed by atoms with E-state index in [4.69, 9.17) is 15.0 Å². The molecule has 0 bridgehead atoms. The maximum atomic E-state index is 4.85. The van der Waals surface area contributed by atoms with Crippen LogP contribution in [0.1, 0.15) is 36.0 Å². The molecule has 1 saturated carbocycles. The molecule has 0 aromatic heterocycles. The van der Waals surface area contributed by atoms with E-state index in [2.05, 4.69) is 54.6 Å². The first-order valence-corrected chi connectivity index (χ1v) is 12.6. The van der Waals surface area contributed by atoms with Gasteiger partial charge in [-0.05, 0) is 54.2 Å². The highest BCUT2D eigenvalue weighted by atomic mass is 14.9. The Hall–Kier alpha value is -4.11. The van der Waals surface area contributed by atoms with Crippen molar-refractivity contribution in [1.82, 2.24) is 0 Å². The number of nitrogens with zero attached hydrogens (tertiary/aromatic N) is 3. The molecule has 1 aliphatic rings. The van der Waals surface area contributed by atoms with Gasteiger partial charge in [0.05, 0.1) is 18.1 Å². The topological polar surface area (TPSA) is 37.1 Å². The molecular formula is C33H33N3. The summed E-state index contributed by atoms with van der Waals surface area (Å²) in [6, 6.07) is 31.5. The van der Waals surface area contributed by atoms with E-state index in [0.717, 1.165) is 19.3 Å². The maximum absolute atomic E-state index is 4.85. The maximum Gasteiger partial charge on any atom is 0.0540 e. The molecular weight excluding hydrogens is 438 g/mol. The molecule has 180 valence electrons. The van der Waals surface area contributed by atoms with E-state index in [-0.39, 0.29) is 18.1 Å². The monoisotopic (exact) mass is 471 g/mol. The van der Waals surface area contributed by atoms with Crippen LogP contribution in [0, 0.1) is 0 Å². The summed E-state index contributed by atoms with van der Waals surface area (Å²) < 4.78 is 0. The van der Waals surface area contributed by atoms with Gasteiger partial charge in [0, 0.05) is 18.6 Å². The Morgan fingerprint density at radius 3 is 0.972 bits per heavy atom. The number of allylic oxidation sites excluding steroid dienone is 3. The molecule has 36 heavy (non-hydrogen) atoms. The third-order valence-electron chi connectivity index (χ3n) is 6.05. The summed E-state index contributed by atoms with van der Waals surface area (Å²) in [4.78, 5) is 14.6. The van der Waals surface area contributed by atoms with Crippen LogP contribution in [0.2, 0.25) is 0 Å². The number of aliphatic imine (C=N–C) groups is 3. The lowest BCUT2D eigenvalue weighted by molar-refractivity contribution is 0.358. The van der Waals surface area contributed by atoms with E-state index in [1.807, 2.05) is 91.5 Å². The Morgan fingerprint density at radius 1 is 0.417 bits per heavy atom. The van der Waals surface area contributed by atoms with Crippen LogP contribution in [0.15, 0.2) is 124 Å². The lowest BCUT2D eigenvalue weighted by atomic mass is 9.88. The van der Waals surface area contributed by atoms with E-state index < -0.39 is 0 Å². The van der Waals surface area contributed by atoms with Crippen LogP contribution >= 0.6 is 0 Å². The van der Waals surface area contributed by atoms with Gasteiger partial charge >= 0.3 is 0 Å². The summed E-state index contributed by atoms with van der Waals surface area (Å²) in [6.45, 7) is 0. The molecule has 0 unspecified atom stereocenters. The number of hydrogen-bond acceptors (Lipinski definition) is 3. The third-order valence-corrected chi connectivity index (χ3v) is 6.05. The molecule has 0 radical (unpaired) electrons. The Bertz CT molecular complexity index is 1040. The predicted octanol–water partition coefficient (Wildman–Crippen LogP) is 7.63. The van der Waals surface area contributed by atoms with Gasteiger partial charge in [0.1, 0.15) is 0 Å². The van der Waals surface area contributed by atoms with Gasteiger partial charge in [0.2, 0.25) is 0 Å². The average molecular weight is 472 g/mol. The largest absolute Gasteiger partial charge is 0.290 e. The summed E-state index contributed by atoms with van der Waals surface area (Å²) in [6.07, 6.45) is 20.9. The third kappa shape index (κ3) is 8.92. The molecule has 4 rings (SSSR count). The minimum Gasteiger partial charge on any atom is -0.290 e. The summed E-state index contributed by atoms with van der Waals surface area (Å²) in [5.74, 6) is 0. The molecule has 3 aromatic rings. The lowest BCUT2D eigenvalue weighted by Crippen LogP contribution is -2.30. The van der Waals surface area contributed by atoms with Crippen molar-refractivity contribution in [2.24, 2.45) is 15.0 Å². The fourth-order valence-electron chi connectivity index (χ4n) is 4.27. The van der Waals surface area contributed by atoms with Gasteiger partial charge in [0.25, 0.3) is 0 Å². The molecule has 0 atom stereocenters. The predicted molar refractivity (Wildman–Crippen MR) is 157 cm³/mol. The van der Waals surface area contributed by atoms with Crippen LogP contribution in [0.5, 0.6) is 0 Å². The van der Waals surface area contributed by atoms with Crippen LogP contribution in [0.4, 0.5) is 0 Å². The first kappa shape index (κ1) is 25.0. The smallest absolute Gasteiger partial charge is 0.0540 e. The molecule has 0 heterocycles. The molecule has 0 N–H and O–H groups in total. The molecule has 3 heteroatoms. The van der Waals surface area contributed by atoms with E-state index in [0.29, 0.717) is 0 Å². The van der Waals surface area contributed by atoms with Gasteiger partial charge in [-0.2, -0.15) is 0 Å². The molecule has 1 aliphatic carbocycles. The van der Waals surface area contributed by atoms with E-state index in [1.54, 1.807) is 0 Å². The molecule has 3 nitrogen and oxygen atoms in total. The zero-order chi connectivity index (χ0) is 24.7. The van der Waals surface area contributed by atoms with Gasteiger partial charge in [0.15, 0.2) is 0 Å². The Kier molecular flexibility index (Phi) is 9.95. The van der Waals surface area contributed by atoms with Gasteiger partial charge < -0.3 is 0 Å². The summed E-state index contributed by atoms with van der Waals surface area (Å²) in [7, 11) is 0. The van der Waals surface area contributed by atoms with Crippen molar-refractivity contribution < 1.29 is 0 Å². The van der Waals surface area contributed by atoms with E-state index in [1.165, 1.54) is 16.7 Å². The Labute approximate surface area is 215 Å². The fraction of sp³-hybridized carbons (Fsp3) is 0.182. The molecule has 3 aromatic carbocycles. The van der Waals surface area contributed by atoms with Crippen LogP contribution in [-0.4, -0.2) is 36.8 Å². The summed E-state index contributed by atoms with van der Waals surface area (Å²) >= 11 is 0. The normalized spacial score (nSPS) is 21.2. The molecule has 1 fully saturated rings. The van der Waals surface area contributed by atoms with Crippen molar-refractivity contribution >= 4 is 36.9 Å². The number of benzene rings is 3. The highest BCUT2D eigenvalue weighted by molar-refractivity contribution is 5.79. The van der Waals surface area contributed by atoms with Crippen LogP contribution in [-0.2, 0) is 0 Å². The Balaban J connectivity index is 1.39. The van der Waals surface area contributed by atoms with E-state index in [9.17, 15) is 0 Å². The second-order valence-electron chi connectivity index (χ2n) is 8.87. The second kappa shape index (κ2) is 14.3. The zero-order valence-electron chi connectivity index (χ0n) is 20.6. The number of rotatable bonds is 9. The first-order chi connectivity index (χ1) is 17.8. The highest BCUT2D eigenvalue weighted by Crippen LogP contribution is 2.26. The minimum absolute atomic E-state index is 0.208. The molecule has 0 spiro atoms. The first-order valence-electron chi connectivity index (χ1n) is 12.6. The van der Waals surface area contributed by atoms with Crippen molar-refractivity contribution in [3.05, 3.63) is 126 Å². The van der Waals surface area contributed by atoms with Crippen molar-refractivity contribution in [3.8, 4) is 0 Å². The summed E-state index contributed by atoms with van der Waals surface area (Å²) in [5.41, 5.74) is 3.52. The van der Waals surface area contributed by atoms with Crippen molar-refractivity contribution in [1.29, 1.82) is 0 Å². The quantitative estimate of drug-likeness (QED) is 0.288. The van der Waals surface area contributed by atoms with Gasteiger partial charge in [-0.25, -0.2) is 0 Å². The SMILES string of the molecule is C(/C=C/c1ccccc1)=NC1CC(N=C/C=C/c2ccccc2)CC(N=C/C=C/c2ccccc2)C1. The van der Waals surface area contributed by atoms with Crippen molar-refractivity contribution in [3.63, 3.8) is 0 Å². The Morgan fingerprint density at radius 2 is 0.694 bits per heavy atom. The van der Waals surface area contributed by atoms with Gasteiger partial charge in [-0.1, -0.05) is 109 Å². The van der Waals surface area contributed by atoms with E-state index >= 15 is 0 Å². The molecule has 0 aliphatic heterocycles. The standard InChI is InChI=1S/C33H33N3/c1-4-13-28(14-5-1)19-10-22-34-31-25-32(35-23-11-20-29-15-6-2-7-16-29)27-33(26-31)36-24-12-21-30-17-8-3-9-18-30/h1-24,31-33H,25-27H2/b19-10+,20-11+,21-12+,34-22?,35-23?,36-24?. The summed E-state index contributed by atoms with van der Waals surface area (Å²) in [5, 5.41) is 0. The molecule has 0 saturated heterocycles. The van der Waals surface area contributed by atoms with Crippen LogP contribution in [0.25, 0.3) is 18.2 Å². The van der Waals surface area contributed by atoms with Crippen LogP contribution < -0.4 is 0 Å². The zero-order valence-corrected chi connectivity index (χ0v) is 20.6. The van der Waals surface area contributed by atoms with Crippen molar-refractivity contribution in [2.75, 3.05) is 0 Å².